The van der Waals surface area contributed by atoms with E-state index in [0.29, 0.717) is 6.54 Å². The summed E-state index contributed by atoms with van der Waals surface area (Å²) in [6.07, 6.45) is 6.44. The van der Waals surface area contributed by atoms with Crippen molar-refractivity contribution in [2.45, 2.75) is 85.2 Å². The van der Waals surface area contributed by atoms with Crippen LogP contribution in [0.4, 0.5) is 0 Å². The van der Waals surface area contributed by atoms with Gasteiger partial charge in [0.25, 0.3) is 0 Å². The molecule has 0 heterocycles. The molecule has 0 saturated heterocycles. The average Bonchev–Trinajstić information content (AvgIpc) is 2.48. The molecule has 3 N–H and O–H groups in total. The van der Waals surface area contributed by atoms with Gasteiger partial charge in [0.05, 0.1) is 11.6 Å². The number of nitrogens with two attached hydrogens (primary N) is 1. The van der Waals surface area contributed by atoms with Crippen LogP contribution in [0.5, 0.6) is 0 Å². The third-order valence-electron chi connectivity index (χ3n) is 4.49. The second-order valence-corrected chi connectivity index (χ2v) is 9.81. The van der Waals surface area contributed by atoms with Crippen LogP contribution in [0.2, 0.25) is 0 Å². The smallest absolute Gasteiger partial charge is 0.155 e. The minimum atomic E-state index is -0.701. The molecule has 4 nitrogen and oxygen atoms in total. The SMILES string of the molecule is CSCC[C@H](NC(C)(C)C(=O)[C@H](CCCCN)CC(C)(C)C)C(C)=O.[Cl-]. The number of thioether (sulfide) groups is 1. The highest BCUT2D eigenvalue weighted by Crippen LogP contribution is 2.31. The van der Waals surface area contributed by atoms with Crippen LogP contribution in [0, 0.1) is 11.3 Å². The van der Waals surface area contributed by atoms with Crippen LogP contribution < -0.4 is 23.5 Å². The van der Waals surface area contributed by atoms with Crippen molar-refractivity contribution in [1.82, 2.24) is 5.32 Å². The number of rotatable bonds is 13. The lowest BCUT2D eigenvalue weighted by molar-refractivity contribution is -0.130. The normalized spacial score (nSPS) is 14.5. The molecule has 0 bridgehead atoms. The van der Waals surface area contributed by atoms with Gasteiger partial charge in [-0.3, -0.25) is 14.9 Å². The van der Waals surface area contributed by atoms with Gasteiger partial charge in [0.15, 0.2) is 5.78 Å². The predicted molar refractivity (Wildman–Crippen MR) is 110 cm³/mol. The predicted octanol–water partition coefficient (Wildman–Crippen LogP) is 0.820. The molecule has 0 spiro atoms. The van der Waals surface area contributed by atoms with Crippen LogP contribution in [0.25, 0.3) is 0 Å². The first-order valence-electron chi connectivity index (χ1n) is 9.46. The molecule has 6 heteroatoms. The Hall–Kier alpha value is -0.100. The van der Waals surface area contributed by atoms with Crippen LogP contribution in [0.15, 0.2) is 0 Å². The Bertz CT molecular complexity index is 423. The maximum absolute atomic E-state index is 13.3. The highest BCUT2D eigenvalue weighted by Gasteiger charge is 2.37. The van der Waals surface area contributed by atoms with E-state index in [1.54, 1.807) is 18.7 Å². The fraction of sp³-hybridized carbons (Fsp3) is 0.900. The van der Waals surface area contributed by atoms with E-state index in [4.69, 9.17) is 5.73 Å². The molecule has 0 aliphatic carbocycles. The fourth-order valence-electron chi connectivity index (χ4n) is 3.23. The van der Waals surface area contributed by atoms with Crippen LogP contribution in [-0.4, -0.2) is 41.7 Å². The molecule has 0 radical (unpaired) electrons. The number of halogens is 1. The van der Waals surface area contributed by atoms with Crippen LogP contribution in [0.1, 0.15) is 73.6 Å². The van der Waals surface area contributed by atoms with E-state index in [0.717, 1.165) is 37.9 Å². The zero-order valence-electron chi connectivity index (χ0n) is 17.8. The third-order valence-corrected chi connectivity index (χ3v) is 5.13. The largest absolute Gasteiger partial charge is 1.00 e. The van der Waals surface area contributed by atoms with Crippen molar-refractivity contribution in [2.24, 2.45) is 17.1 Å². The fourth-order valence-corrected chi connectivity index (χ4v) is 3.70. The number of carbonyl (C=O) groups is 2. The summed E-state index contributed by atoms with van der Waals surface area (Å²) in [7, 11) is 0. The summed E-state index contributed by atoms with van der Waals surface area (Å²) in [5.74, 6) is 1.23. The van der Waals surface area contributed by atoms with Gasteiger partial charge in [0, 0.05) is 5.92 Å². The third kappa shape index (κ3) is 11.6. The number of hydrogen-bond acceptors (Lipinski definition) is 5. The molecule has 0 rings (SSSR count). The summed E-state index contributed by atoms with van der Waals surface area (Å²) in [4.78, 5) is 25.2. The van der Waals surface area contributed by atoms with Crippen molar-refractivity contribution in [2.75, 3.05) is 18.6 Å². The van der Waals surface area contributed by atoms with E-state index in [1.165, 1.54) is 0 Å². The second-order valence-electron chi connectivity index (χ2n) is 8.82. The Kier molecular flexibility index (Phi) is 14.2. The molecular formula is C20H40ClN2O2S-. The van der Waals surface area contributed by atoms with Gasteiger partial charge in [-0.15, -0.1) is 0 Å². The molecule has 2 atom stereocenters. The molecule has 0 aliphatic heterocycles. The highest BCUT2D eigenvalue weighted by atomic mass is 35.5. The number of unbranched alkanes of at least 4 members (excludes halogenated alkanes) is 1. The summed E-state index contributed by atoms with van der Waals surface area (Å²) in [5.41, 5.74) is 5.01. The van der Waals surface area contributed by atoms with Gasteiger partial charge in [-0.2, -0.15) is 11.8 Å². The lowest BCUT2D eigenvalue weighted by atomic mass is 9.76. The van der Waals surface area contributed by atoms with Gasteiger partial charge < -0.3 is 18.1 Å². The molecule has 0 aromatic heterocycles. The second kappa shape index (κ2) is 13.1. The zero-order valence-corrected chi connectivity index (χ0v) is 19.4. The molecule has 26 heavy (non-hydrogen) atoms. The van der Waals surface area contributed by atoms with Crippen molar-refractivity contribution in [3.05, 3.63) is 0 Å². The summed E-state index contributed by atoms with van der Waals surface area (Å²) in [5, 5.41) is 3.35. The maximum Gasteiger partial charge on any atom is 0.155 e. The van der Waals surface area contributed by atoms with Crippen molar-refractivity contribution >= 4 is 23.3 Å². The van der Waals surface area contributed by atoms with Crippen LogP contribution in [0.3, 0.4) is 0 Å². The van der Waals surface area contributed by atoms with E-state index in [1.807, 2.05) is 20.1 Å². The molecule has 0 unspecified atom stereocenters. The summed E-state index contributed by atoms with van der Waals surface area (Å²) < 4.78 is 0. The van der Waals surface area contributed by atoms with Gasteiger partial charge in [-0.05, 0) is 70.4 Å². The van der Waals surface area contributed by atoms with Crippen LogP contribution in [-0.2, 0) is 9.59 Å². The molecule has 0 fully saturated rings. The molecule has 0 amide bonds. The molecule has 156 valence electrons. The first-order valence-corrected chi connectivity index (χ1v) is 10.9. The number of nitrogens with one attached hydrogen (secondary N) is 1. The van der Waals surface area contributed by atoms with Gasteiger partial charge in [-0.25, -0.2) is 0 Å². The molecular weight excluding hydrogens is 368 g/mol. The molecule has 0 saturated carbocycles. The molecule has 0 aromatic rings. The quantitative estimate of drug-likeness (QED) is 0.442. The maximum atomic E-state index is 13.3. The van der Waals surface area contributed by atoms with Gasteiger partial charge in [0.1, 0.15) is 5.78 Å². The Balaban J connectivity index is 0. The number of ketones is 2. The Labute approximate surface area is 171 Å². The van der Waals surface area contributed by atoms with Crippen molar-refractivity contribution in [3.8, 4) is 0 Å². The topological polar surface area (TPSA) is 72.2 Å². The lowest BCUT2D eigenvalue weighted by Crippen LogP contribution is -3.00. The zero-order chi connectivity index (χ0) is 19.7. The monoisotopic (exact) mass is 407 g/mol. The minimum absolute atomic E-state index is 0. The van der Waals surface area contributed by atoms with E-state index in [2.05, 4.69) is 26.1 Å². The number of Topliss-reactive ketones (excluding diaryl/α,β-unsaturated/α-hetero) is 2. The summed E-state index contributed by atoms with van der Waals surface area (Å²) in [6, 6.07) is -0.259. The Morgan fingerprint density at radius 2 is 1.65 bits per heavy atom. The van der Waals surface area contributed by atoms with Gasteiger partial charge in [-0.1, -0.05) is 27.2 Å². The van der Waals surface area contributed by atoms with Crippen molar-refractivity contribution < 1.29 is 22.0 Å². The first-order chi connectivity index (χ1) is 11.4. The number of carbonyl (C=O) groups excluding carboxylic acids is 2. The summed E-state index contributed by atoms with van der Waals surface area (Å²) in [6.45, 7) is 12.6. The van der Waals surface area contributed by atoms with E-state index in [9.17, 15) is 9.59 Å². The van der Waals surface area contributed by atoms with Crippen molar-refractivity contribution in [3.63, 3.8) is 0 Å². The Morgan fingerprint density at radius 3 is 2.08 bits per heavy atom. The highest BCUT2D eigenvalue weighted by molar-refractivity contribution is 7.98. The van der Waals surface area contributed by atoms with E-state index < -0.39 is 5.54 Å². The van der Waals surface area contributed by atoms with E-state index in [-0.39, 0.29) is 41.3 Å². The summed E-state index contributed by atoms with van der Waals surface area (Å²) >= 11 is 1.72. The first kappa shape index (κ1) is 28.1. The van der Waals surface area contributed by atoms with Gasteiger partial charge >= 0.3 is 0 Å². The molecule has 0 aliphatic rings. The molecule has 0 aromatic carbocycles. The Morgan fingerprint density at radius 1 is 1.08 bits per heavy atom. The van der Waals surface area contributed by atoms with Gasteiger partial charge in [0.2, 0.25) is 0 Å². The van der Waals surface area contributed by atoms with Crippen molar-refractivity contribution in [1.29, 1.82) is 0 Å². The standard InChI is InChI=1S/C20H40N2O2S.ClH/c1-15(23)17(11-13-25-7)22-20(5,6)18(24)16(10-8-9-12-21)14-19(2,3)4;/h16-17,22H,8-14,21H2,1-7H3;1H/p-1/t16-,17+;/m1./s1. The van der Waals surface area contributed by atoms with Crippen LogP contribution >= 0.6 is 11.8 Å². The average molecular weight is 408 g/mol. The minimum Gasteiger partial charge on any atom is -1.00 e. The number of hydrogen-bond donors (Lipinski definition) is 2. The van der Waals surface area contributed by atoms with E-state index >= 15 is 0 Å². The lowest BCUT2D eigenvalue weighted by Gasteiger charge is -2.35.